The van der Waals surface area contributed by atoms with Crippen molar-refractivity contribution in [3.05, 3.63) is 33.9 Å². The van der Waals surface area contributed by atoms with E-state index in [4.69, 9.17) is 4.74 Å². The quantitative estimate of drug-likeness (QED) is 0.481. The van der Waals surface area contributed by atoms with Crippen molar-refractivity contribution in [2.75, 3.05) is 0 Å². The summed E-state index contributed by atoms with van der Waals surface area (Å²) in [5, 5.41) is 19.7. The van der Waals surface area contributed by atoms with Crippen molar-refractivity contribution >= 4 is 11.7 Å². The maximum Gasteiger partial charge on any atom is 0.338 e. The van der Waals surface area contributed by atoms with Gasteiger partial charge in [0.2, 0.25) is 0 Å². The van der Waals surface area contributed by atoms with Crippen LogP contribution in [0.3, 0.4) is 0 Å². The molecule has 86 valence electrons. The number of nitro groups is 1. The van der Waals surface area contributed by atoms with Crippen molar-refractivity contribution in [2.24, 2.45) is 0 Å². The fourth-order valence-electron chi connectivity index (χ4n) is 1.08. The second kappa shape index (κ2) is 4.61. The summed E-state index contributed by atoms with van der Waals surface area (Å²) in [7, 11) is 0. The molecule has 0 spiro atoms. The van der Waals surface area contributed by atoms with Gasteiger partial charge in [-0.25, -0.2) is 4.79 Å². The molecular formula is C10H11NO5. The van der Waals surface area contributed by atoms with Crippen LogP contribution in [0.25, 0.3) is 0 Å². The minimum absolute atomic E-state index is 0.0400. The number of phenols is 1. The molecule has 0 saturated carbocycles. The molecule has 0 aliphatic heterocycles. The van der Waals surface area contributed by atoms with Crippen LogP contribution in [0.5, 0.6) is 5.75 Å². The molecule has 0 aromatic heterocycles. The van der Waals surface area contributed by atoms with E-state index in [1.807, 2.05) is 0 Å². The number of phenolic OH excluding ortho intramolecular Hbond substituents is 1. The monoisotopic (exact) mass is 225 g/mol. The highest BCUT2D eigenvalue weighted by Gasteiger charge is 2.18. The highest BCUT2D eigenvalue weighted by atomic mass is 16.6. The third-order valence-electron chi connectivity index (χ3n) is 1.75. The lowest BCUT2D eigenvalue weighted by atomic mass is 10.2. The number of nitro benzene ring substituents is 1. The number of ether oxygens (including phenoxy) is 1. The van der Waals surface area contributed by atoms with E-state index in [1.54, 1.807) is 13.8 Å². The smallest absolute Gasteiger partial charge is 0.338 e. The summed E-state index contributed by atoms with van der Waals surface area (Å²) < 4.78 is 4.87. The van der Waals surface area contributed by atoms with Crippen molar-refractivity contribution in [1.82, 2.24) is 0 Å². The fraction of sp³-hybridized carbons (Fsp3) is 0.300. The number of hydrogen-bond donors (Lipinski definition) is 1. The molecule has 0 heterocycles. The molecular weight excluding hydrogens is 214 g/mol. The Morgan fingerprint density at radius 2 is 2.12 bits per heavy atom. The number of esters is 1. The van der Waals surface area contributed by atoms with Crippen LogP contribution < -0.4 is 0 Å². The molecule has 1 N–H and O–H groups in total. The number of rotatable bonds is 3. The average molecular weight is 225 g/mol. The van der Waals surface area contributed by atoms with Gasteiger partial charge in [-0.15, -0.1) is 0 Å². The molecule has 0 radical (unpaired) electrons. The number of benzene rings is 1. The van der Waals surface area contributed by atoms with Gasteiger partial charge in [-0.2, -0.15) is 0 Å². The first-order valence-electron chi connectivity index (χ1n) is 4.60. The second-order valence-electron chi connectivity index (χ2n) is 3.41. The van der Waals surface area contributed by atoms with Gasteiger partial charge in [0.25, 0.3) is 0 Å². The Hall–Kier alpha value is -2.11. The summed E-state index contributed by atoms with van der Waals surface area (Å²) in [4.78, 5) is 21.2. The normalized spacial score (nSPS) is 10.2. The minimum atomic E-state index is -0.762. The van der Waals surface area contributed by atoms with Crippen LogP contribution >= 0.6 is 0 Å². The zero-order valence-corrected chi connectivity index (χ0v) is 8.84. The predicted octanol–water partition coefficient (Wildman–Crippen LogP) is 1.87. The SMILES string of the molecule is CC(C)OC(=O)c1ccc(O)c([N+](=O)[O-])c1. The molecule has 0 fully saturated rings. The third-order valence-corrected chi connectivity index (χ3v) is 1.75. The summed E-state index contributed by atoms with van der Waals surface area (Å²) in [6, 6.07) is 3.35. The Balaban J connectivity index is 3.03. The zero-order valence-electron chi connectivity index (χ0n) is 8.84. The first-order chi connectivity index (χ1) is 7.41. The lowest BCUT2D eigenvalue weighted by Crippen LogP contribution is -2.11. The molecule has 6 heteroatoms. The molecule has 1 aromatic carbocycles. The highest BCUT2D eigenvalue weighted by molar-refractivity contribution is 5.90. The highest BCUT2D eigenvalue weighted by Crippen LogP contribution is 2.26. The molecule has 0 bridgehead atoms. The van der Waals surface area contributed by atoms with Crippen LogP contribution in [0, 0.1) is 10.1 Å². The number of aromatic hydroxyl groups is 1. The summed E-state index contributed by atoms with van der Waals surface area (Å²) in [6.07, 6.45) is -0.305. The van der Waals surface area contributed by atoms with Crippen LogP contribution in [0.1, 0.15) is 24.2 Å². The second-order valence-corrected chi connectivity index (χ2v) is 3.41. The van der Waals surface area contributed by atoms with Gasteiger partial charge in [-0.05, 0) is 26.0 Å². The first-order valence-corrected chi connectivity index (χ1v) is 4.60. The van der Waals surface area contributed by atoms with E-state index < -0.39 is 22.3 Å². The lowest BCUT2D eigenvalue weighted by molar-refractivity contribution is -0.385. The summed E-state index contributed by atoms with van der Waals surface area (Å²) in [6.45, 7) is 3.35. The number of hydrogen-bond acceptors (Lipinski definition) is 5. The maximum atomic E-state index is 11.4. The molecule has 1 rings (SSSR count). The third kappa shape index (κ3) is 2.69. The zero-order chi connectivity index (χ0) is 12.3. The van der Waals surface area contributed by atoms with E-state index in [-0.39, 0.29) is 11.7 Å². The van der Waals surface area contributed by atoms with Gasteiger partial charge in [-0.3, -0.25) is 10.1 Å². The Morgan fingerprint density at radius 3 is 2.62 bits per heavy atom. The molecule has 0 saturated heterocycles. The van der Waals surface area contributed by atoms with Crippen LogP contribution in [0.4, 0.5) is 5.69 Å². The largest absolute Gasteiger partial charge is 0.502 e. The van der Waals surface area contributed by atoms with Gasteiger partial charge in [0.15, 0.2) is 5.75 Å². The van der Waals surface area contributed by atoms with Crippen LogP contribution in [0.15, 0.2) is 18.2 Å². The van der Waals surface area contributed by atoms with Gasteiger partial charge in [-0.1, -0.05) is 0 Å². The maximum absolute atomic E-state index is 11.4. The van der Waals surface area contributed by atoms with Gasteiger partial charge < -0.3 is 9.84 Å². The van der Waals surface area contributed by atoms with E-state index in [2.05, 4.69) is 0 Å². The van der Waals surface area contributed by atoms with Crippen molar-refractivity contribution in [3.63, 3.8) is 0 Å². The first kappa shape index (κ1) is 12.0. The molecule has 0 unspecified atom stereocenters. The molecule has 0 aliphatic carbocycles. The van der Waals surface area contributed by atoms with E-state index in [1.165, 1.54) is 6.07 Å². The predicted molar refractivity (Wildman–Crippen MR) is 55.3 cm³/mol. The minimum Gasteiger partial charge on any atom is -0.502 e. The van der Waals surface area contributed by atoms with E-state index in [0.29, 0.717) is 0 Å². The lowest BCUT2D eigenvalue weighted by Gasteiger charge is -2.07. The molecule has 0 atom stereocenters. The van der Waals surface area contributed by atoms with Gasteiger partial charge in [0, 0.05) is 6.07 Å². The Kier molecular flexibility index (Phi) is 3.44. The molecule has 0 amide bonds. The van der Waals surface area contributed by atoms with Crippen molar-refractivity contribution in [3.8, 4) is 5.75 Å². The average Bonchev–Trinajstić information content (AvgIpc) is 2.16. The van der Waals surface area contributed by atoms with Crippen molar-refractivity contribution < 1.29 is 19.6 Å². The topological polar surface area (TPSA) is 89.7 Å². The summed E-state index contributed by atoms with van der Waals surface area (Å²) in [5.74, 6) is -1.14. The number of nitrogens with zero attached hydrogens (tertiary/aromatic N) is 1. The summed E-state index contributed by atoms with van der Waals surface area (Å²) >= 11 is 0. The van der Waals surface area contributed by atoms with E-state index in [9.17, 15) is 20.0 Å². The Labute approximate surface area is 91.6 Å². The molecule has 16 heavy (non-hydrogen) atoms. The van der Waals surface area contributed by atoms with E-state index >= 15 is 0 Å². The summed E-state index contributed by atoms with van der Waals surface area (Å²) in [5.41, 5.74) is -0.476. The molecule has 6 nitrogen and oxygen atoms in total. The van der Waals surface area contributed by atoms with Crippen molar-refractivity contribution in [2.45, 2.75) is 20.0 Å². The number of carbonyl (C=O) groups is 1. The molecule has 0 aliphatic rings. The fourth-order valence-corrected chi connectivity index (χ4v) is 1.08. The van der Waals surface area contributed by atoms with Crippen LogP contribution in [-0.4, -0.2) is 22.1 Å². The van der Waals surface area contributed by atoms with Gasteiger partial charge in [0.05, 0.1) is 16.6 Å². The Bertz CT molecular complexity index is 427. The van der Waals surface area contributed by atoms with E-state index in [0.717, 1.165) is 12.1 Å². The van der Waals surface area contributed by atoms with Crippen LogP contribution in [-0.2, 0) is 4.74 Å². The van der Waals surface area contributed by atoms with Crippen LogP contribution in [0.2, 0.25) is 0 Å². The number of carbonyl (C=O) groups excluding carboxylic acids is 1. The standard InChI is InChI=1S/C10H11NO5/c1-6(2)16-10(13)7-3-4-9(12)8(5-7)11(14)15/h3-6,12H,1-2H3. The Morgan fingerprint density at radius 1 is 1.50 bits per heavy atom. The van der Waals surface area contributed by atoms with Gasteiger partial charge in [0.1, 0.15) is 0 Å². The van der Waals surface area contributed by atoms with Gasteiger partial charge >= 0.3 is 11.7 Å². The molecule has 1 aromatic rings. The van der Waals surface area contributed by atoms with Crippen molar-refractivity contribution in [1.29, 1.82) is 0 Å².